The van der Waals surface area contributed by atoms with Gasteiger partial charge in [-0.2, -0.15) is 4.73 Å². The molecule has 178 valence electrons. The second-order valence-corrected chi connectivity index (χ2v) is 10.4. The van der Waals surface area contributed by atoms with Crippen molar-refractivity contribution < 1.29 is 22.7 Å². The van der Waals surface area contributed by atoms with E-state index in [4.69, 9.17) is 16.3 Å². The highest BCUT2D eigenvalue weighted by atomic mass is 35.5. The Hall–Kier alpha value is -3.14. The number of nitrogens with one attached hydrogen (secondary N) is 1. The van der Waals surface area contributed by atoms with Gasteiger partial charge in [0, 0.05) is 35.4 Å². The molecular formula is C24H24ClN3O5S. The van der Waals surface area contributed by atoms with Crippen molar-refractivity contribution in [2.24, 2.45) is 0 Å². The number of sulfonamides is 1. The van der Waals surface area contributed by atoms with Gasteiger partial charge >= 0.3 is 0 Å². The van der Waals surface area contributed by atoms with Crippen LogP contribution < -0.4 is 14.4 Å². The summed E-state index contributed by atoms with van der Waals surface area (Å²) in [6, 6.07) is 13.7. The number of carbonyl (C=O) groups is 1. The number of anilines is 2. The number of aromatic nitrogens is 1. The van der Waals surface area contributed by atoms with Gasteiger partial charge in [0.1, 0.15) is 0 Å². The molecule has 2 atom stereocenters. The second kappa shape index (κ2) is 9.61. The zero-order chi connectivity index (χ0) is 24.5. The monoisotopic (exact) mass is 501 g/mol. The summed E-state index contributed by atoms with van der Waals surface area (Å²) in [5.74, 6) is -0.531. The first kappa shape index (κ1) is 24.0. The smallest absolute Gasteiger partial charge is 0.261 e. The van der Waals surface area contributed by atoms with Crippen LogP contribution in [0.1, 0.15) is 29.8 Å². The zero-order valence-electron chi connectivity index (χ0n) is 18.6. The van der Waals surface area contributed by atoms with Crippen molar-refractivity contribution in [2.45, 2.75) is 31.0 Å². The minimum Gasteiger partial charge on any atom is -0.619 e. The van der Waals surface area contributed by atoms with Crippen molar-refractivity contribution in [1.29, 1.82) is 0 Å². The first-order chi connectivity index (χ1) is 16.1. The van der Waals surface area contributed by atoms with E-state index in [-0.39, 0.29) is 38.9 Å². The number of ether oxygens (including phenoxy) is 1. The molecule has 4 rings (SSSR count). The van der Waals surface area contributed by atoms with Gasteiger partial charge in [-0.15, -0.1) is 0 Å². The van der Waals surface area contributed by atoms with Crippen LogP contribution in [-0.2, 0) is 14.8 Å². The molecule has 1 aromatic heterocycles. The molecule has 0 spiro atoms. The number of pyridine rings is 1. The van der Waals surface area contributed by atoms with Crippen molar-refractivity contribution in [3.05, 3.63) is 88.3 Å². The molecule has 1 fully saturated rings. The number of carbonyl (C=O) groups excluding carboxylic acids is 1. The average Bonchev–Trinajstić information content (AvgIpc) is 2.79. The molecule has 2 aromatic carbocycles. The van der Waals surface area contributed by atoms with Crippen LogP contribution >= 0.6 is 11.6 Å². The van der Waals surface area contributed by atoms with E-state index >= 15 is 0 Å². The van der Waals surface area contributed by atoms with Gasteiger partial charge in [0.25, 0.3) is 10.0 Å². The summed E-state index contributed by atoms with van der Waals surface area (Å²) >= 11 is 6.07. The van der Waals surface area contributed by atoms with Crippen LogP contribution in [0.4, 0.5) is 11.4 Å². The molecule has 0 saturated carbocycles. The molecular weight excluding hydrogens is 478 g/mol. The summed E-state index contributed by atoms with van der Waals surface area (Å²) in [7, 11) is -4.00. The predicted octanol–water partition coefficient (Wildman–Crippen LogP) is 3.62. The normalized spacial score (nSPS) is 18.5. The lowest BCUT2D eigenvalue weighted by molar-refractivity contribution is -0.605. The number of nitrogens with zero attached hydrogens (tertiary/aromatic N) is 2. The number of rotatable bonds is 6. The topological polar surface area (TPSA) is 103 Å². The Bertz CT molecular complexity index is 1300. The third-order valence-corrected chi connectivity index (χ3v) is 7.06. The molecule has 1 unspecified atom stereocenters. The SMILES string of the molecule is CC1CN(c2ccc(S(=O)(=O)Nc3ccc(Cl)cc3C(=O)c3ccc[n+]([O-])c3)cc2)C[C@@H](C)O1. The summed E-state index contributed by atoms with van der Waals surface area (Å²) in [5, 5.41) is 11.8. The maximum absolute atomic E-state index is 13.1. The van der Waals surface area contributed by atoms with Gasteiger partial charge in [-0.3, -0.25) is 9.52 Å². The number of benzene rings is 2. The van der Waals surface area contributed by atoms with Crippen molar-refractivity contribution in [3.8, 4) is 0 Å². The van der Waals surface area contributed by atoms with E-state index in [9.17, 15) is 18.4 Å². The number of hydrogen-bond donors (Lipinski definition) is 1. The highest BCUT2D eigenvalue weighted by Crippen LogP contribution is 2.27. The lowest BCUT2D eigenvalue weighted by Crippen LogP contribution is -2.45. The molecule has 8 nitrogen and oxygen atoms in total. The molecule has 1 N–H and O–H groups in total. The largest absolute Gasteiger partial charge is 0.619 e. The minimum absolute atomic E-state index is 0.0372. The van der Waals surface area contributed by atoms with E-state index in [0.717, 1.165) is 11.9 Å². The van der Waals surface area contributed by atoms with Crippen molar-refractivity contribution in [3.63, 3.8) is 0 Å². The third kappa shape index (κ3) is 5.32. The highest BCUT2D eigenvalue weighted by molar-refractivity contribution is 7.92. The van der Waals surface area contributed by atoms with Gasteiger partial charge in [-0.05, 0) is 62.4 Å². The minimum atomic E-state index is -4.00. The fraction of sp³-hybridized carbons (Fsp3) is 0.250. The van der Waals surface area contributed by atoms with E-state index in [2.05, 4.69) is 9.62 Å². The maximum Gasteiger partial charge on any atom is 0.261 e. The quantitative estimate of drug-likeness (QED) is 0.314. The standard InChI is InChI=1S/C24H24ClN3O5S/c1-16-13-27(14-17(2)33-16)20-6-8-21(9-7-20)34(31,32)26-23-10-5-19(25)12-22(23)24(29)18-4-3-11-28(30)15-18/h3-12,15-17,26H,13-14H2,1-2H3/t16-,17?/m1/s1. The summed E-state index contributed by atoms with van der Waals surface area (Å²) in [6.45, 7) is 5.44. The van der Waals surface area contributed by atoms with Crippen LogP contribution in [0, 0.1) is 5.21 Å². The van der Waals surface area contributed by atoms with E-state index in [1.165, 1.54) is 48.7 Å². The van der Waals surface area contributed by atoms with Gasteiger partial charge in [-0.1, -0.05) is 11.6 Å². The van der Waals surface area contributed by atoms with E-state index in [1.807, 2.05) is 13.8 Å². The van der Waals surface area contributed by atoms with Crippen LogP contribution in [0.15, 0.2) is 71.9 Å². The first-order valence-electron chi connectivity index (χ1n) is 10.7. The molecule has 3 aromatic rings. The Balaban J connectivity index is 1.59. The van der Waals surface area contributed by atoms with Gasteiger partial charge in [-0.25, -0.2) is 8.42 Å². The number of morpholine rings is 1. The molecule has 0 aliphatic carbocycles. The zero-order valence-corrected chi connectivity index (χ0v) is 20.2. The molecule has 0 radical (unpaired) electrons. The Morgan fingerprint density at radius 3 is 2.44 bits per heavy atom. The van der Waals surface area contributed by atoms with Crippen LogP contribution in [0.25, 0.3) is 0 Å². The molecule has 0 amide bonds. The molecule has 0 bridgehead atoms. The van der Waals surface area contributed by atoms with Crippen LogP contribution in [-0.4, -0.2) is 39.5 Å². The lowest BCUT2D eigenvalue weighted by atomic mass is 10.0. The predicted molar refractivity (Wildman–Crippen MR) is 130 cm³/mol. The Labute approximate surface area is 203 Å². The lowest BCUT2D eigenvalue weighted by Gasteiger charge is -2.36. The molecule has 2 heterocycles. The molecule has 10 heteroatoms. The summed E-state index contributed by atoms with van der Waals surface area (Å²) in [4.78, 5) is 15.2. The fourth-order valence-electron chi connectivity index (χ4n) is 3.97. The van der Waals surface area contributed by atoms with Gasteiger partial charge < -0.3 is 14.8 Å². The molecule has 1 aliphatic rings. The molecule has 1 aliphatic heterocycles. The van der Waals surface area contributed by atoms with Crippen LogP contribution in [0.3, 0.4) is 0 Å². The molecule has 1 saturated heterocycles. The Morgan fingerprint density at radius 2 is 1.79 bits per heavy atom. The van der Waals surface area contributed by atoms with E-state index in [1.54, 1.807) is 12.1 Å². The van der Waals surface area contributed by atoms with Crippen LogP contribution in [0.5, 0.6) is 0 Å². The average molecular weight is 502 g/mol. The van der Waals surface area contributed by atoms with Crippen molar-refractivity contribution >= 4 is 38.8 Å². The Morgan fingerprint density at radius 1 is 1.12 bits per heavy atom. The first-order valence-corrected chi connectivity index (χ1v) is 12.5. The Kier molecular flexibility index (Phi) is 6.79. The molecule has 34 heavy (non-hydrogen) atoms. The number of ketones is 1. The summed E-state index contributed by atoms with van der Waals surface area (Å²) in [5.41, 5.74) is 1.11. The maximum atomic E-state index is 13.1. The summed E-state index contributed by atoms with van der Waals surface area (Å²) < 4.78 is 34.9. The number of halogens is 1. The van der Waals surface area contributed by atoms with Gasteiger partial charge in [0.05, 0.1) is 28.4 Å². The van der Waals surface area contributed by atoms with E-state index in [0.29, 0.717) is 17.8 Å². The fourth-order valence-corrected chi connectivity index (χ4v) is 5.22. The van der Waals surface area contributed by atoms with Crippen molar-refractivity contribution in [2.75, 3.05) is 22.7 Å². The van der Waals surface area contributed by atoms with Gasteiger partial charge in [0.15, 0.2) is 12.4 Å². The van der Waals surface area contributed by atoms with Crippen LogP contribution in [0.2, 0.25) is 5.02 Å². The number of hydrogen-bond acceptors (Lipinski definition) is 6. The second-order valence-electron chi connectivity index (χ2n) is 8.23. The summed E-state index contributed by atoms with van der Waals surface area (Å²) in [6.07, 6.45) is 2.53. The highest BCUT2D eigenvalue weighted by Gasteiger charge is 2.24. The van der Waals surface area contributed by atoms with E-state index < -0.39 is 15.8 Å². The van der Waals surface area contributed by atoms with Crippen molar-refractivity contribution in [1.82, 2.24) is 0 Å². The third-order valence-electron chi connectivity index (χ3n) is 5.44. The van der Waals surface area contributed by atoms with Gasteiger partial charge in [0.2, 0.25) is 5.78 Å².